The van der Waals surface area contributed by atoms with Crippen LogP contribution < -0.4 is 10.6 Å². The number of fused-ring (bicyclic) bond motifs is 3. The second-order valence-corrected chi connectivity index (χ2v) is 10.5. The number of benzene rings is 3. The standard InChI is InChI=1S/C31H31N5O3S/c1-2-21-12-14-23(15-13-21)33-28(38)20-40-31-35-25-11-7-6-10-24(25)29-34-26(30(39)36(29)31)16-17-27(37)32-19-18-22-8-4-3-5-9-22/h3-15,26H,2,16-20H2,1H3,(H,32,37)(H,33,38)/t26-/m0/s1. The van der Waals surface area contributed by atoms with E-state index >= 15 is 0 Å². The van der Waals surface area contributed by atoms with Crippen molar-refractivity contribution < 1.29 is 14.4 Å². The number of anilines is 1. The number of amidine groups is 2. The maximum Gasteiger partial charge on any atom is 0.259 e. The first-order valence-electron chi connectivity index (χ1n) is 13.4. The van der Waals surface area contributed by atoms with Gasteiger partial charge in [0.25, 0.3) is 5.91 Å². The summed E-state index contributed by atoms with van der Waals surface area (Å²) >= 11 is 1.19. The number of amides is 3. The zero-order valence-electron chi connectivity index (χ0n) is 22.3. The Labute approximate surface area is 238 Å². The number of para-hydroxylation sites is 1. The van der Waals surface area contributed by atoms with E-state index in [9.17, 15) is 14.4 Å². The molecule has 8 nitrogen and oxygen atoms in total. The number of hydrogen-bond acceptors (Lipinski definition) is 6. The number of carbonyl (C=O) groups excluding carboxylic acids is 3. The van der Waals surface area contributed by atoms with Crippen LogP contribution in [-0.4, -0.2) is 52.0 Å². The predicted molar refractivity (Wildman–Crippen MR) is 160 cm³/mol. The zero-order chi connectivity index (χ0) is 27.9. The van der Waals surface area contributed by atoms with Crippen LogP contribution in [0.2, 0.25) is 0 Å². The molecule has 2 heterocycles. The molecule has 9 heteroatoms. The molecule has 3 amide bonds. The molecule has 3 aromatic carbocycles. The van der Waals surface area contributed by atoms with Crippen molar-refractivity contribution in [2.45, 2.75) is 38.6 Å². The number of hydrogen-bond donors (Lipinski definition) is 2. The Balaban J connectivity index is 1.20. The molecule has 0 aromatic heterocycles. The maximum absolute atomic E-state index is 13.5. The minimum Gasteiger partial charge on any atom is -0.356 e. The van der Waals surface area contributed by atoms with Crippen molar-refractivity contribution in [2.24, 2.45) is 9.98 Å². The van der Waals surface area contributed by atoms with Crippen molar-refractivity contribution in [1.29, 1.82) is 0 Å². The second-order valence-electron chi connectivity index (χ2n) is 9.57. The van der Waals surface area contributed by atoms with Gasteiger partial charge in [0.05, 0.1) is 11.4 Å². The molecule has 2 N–H and O–H groups in total. The number of carbonyl (C=O) groups is 3. The summed E-state index contributed by atoms with van der Waals surface area (Å²) in [7, 11) is 0. The lowest BCUT2D eigenvalue weighted by Gasteiger charge is -2.25. The number of aryl methyl sites for hydroxylation is 1. The van der Waals surface area contributed by atoms with Crippen LogP contribution >= 0.6 is 11.8 Å². The van der Waals surface area contributed by atoms with Crippen molar-refractivity contribution in [3.8, 4) is 0 Å². The molecule has 40 heavy (non-hydrogen) atoms. The van der Waals surface area contributed by atoms with Crippen LogP contribution in [0, 0.1) is 0 Å². The van der Waals surface area contributed by atoms with E-state index in [1.807, 2.05) is 78.9 Å². The molecule has 3 aromatic rings. The first-order valence-corrected chi connectivity index (χ1v) is 14.4. The van der Waals surface area contributed by atoms with E-state index in [0.717, 1.165) is 29.7 Å². The average Bonchev–Trinajstić information content (AvgIpc) is 3.32. The van der Waals surface area contributed by atoms with Gasteiger partial charge in [0.15, 0.2) is 5.17 Å². The molecule has 0 aliphatic carbocycles. The van der Waals surface area contributed by atoms with Gasteiger partial charge in [-0.15, -0.1) is 0 Å². The summed E-state index contributed by atoms with van der Waals surface area (Å²) in [6, 6.07) is 24.5. The lowest BCUT2D eigenvalue weighted by Crippen LogP contribution is -2.41. The highest BCUT2D eigenvalue weighted by Gasteiger charge is 2.41. The molecule has 0 saturated heterocycles. The third-order valence-corrected chi connectivity index (χ3v) is 7.69. The molecule has 204 valence electrons. The normalized spacial score (nSPS) is 15.6. The van der Waals surface area contributed by atoms with Crippen LogP contribution in [0.4, 0.5) is 11.4 Å². The van der Waals surface area contributed by atoms with Crippen LogP contribution in [0.25, 0.3) is 0 Å². The Bertz CT molecular complexity index is 1450. The third-order valence-electron chi connectivity index (χ3n) is 6.75. The fourth-order valence-corrected chi connectivity index (χ4v) is 5.39. The fourth-order valence-electron chi connectivity index (χ4n) is 4.59. The van der Waals surface area contributed by atoms with E-state index in [2.05, 4.69) is 22.5 Å². The van der Waals surface area contributed by atoms with Crippen molar-refractivity contribution in [3.63, 3.8) is 0 Å². The quantitative estimate of drug-likeness (QED) is 0.379. The Morgan fingerprint density at radius 2 is 1.68 bits per heavy atom. The van der Waals surface area contributed by atoms with Crippen molar-refractivity contribution in [1.82, 2.24) is 10.2 Å². The summed E-state index contributed by atoms with van der Waals surface area (Å²) in [5.41, 5.74) is 4.53. The highest BCUT2D eigenvalue weighted by molar-refractivity contribution is 8.14. The van der Waals surface area contributed by atoms with Crippen molar-refractivity contribution in [3.05, 3.63) is 95.6 Å². The molecule has 2 aliphatic heterocycles. The van der Waals surface area contributed by atoms with Crippen LogP contribution in [0.3, 0.4) is 0 Å². The minimum absolute atomic E-state index is 0.0854. The smallest absolute Gasteiger partial charge is 0.259 e. The molecule has 5 rings (SSSR count). The Morgan fingerprint density at radius 1 is 0.925 bits per heavy atom. The Kier molecular flexibility index (Phi) is 8.71. The van der Waals surface area contributed by atoms with Gasteiger partial charge >= 0.3 is 0 Å². The van der Waals surface area contributed by atoms with E-state index in [0.29, 0.717) is 29.7 Å². The molecule has 0 fully saturated rings. The first kappa shape index (κ1) is 27.3. The minimum atomic E-state index is -0.683. The summed E-state index contributed by atoms with van der Waals surface area (Å²) < 4.78 is 0. The van der Waals surface area contributed by atoms with Gasteiger partial charge in [0.2, 0.25) is 11.8 Å². The number of nitrogens with one attached hydrogen (secondary N) is 2. The number of nitrogens with zero attached hydrogens (tertiary/aromatic N) is 3. The topological polar surface area (TPSA) is 103 Å². The molecule has 0 spiro atoms. The van der Waals surface area contributed by atoms with Crippen molar-refractivity contribution >= 4 is 51.9 Å². The number of thioether (sulfide) groups is 1. The largest absolute Gasteiger partial charge is 0.356 e. The predicted octanol–water partition coefficient (Wildman–Crippen LogP) is 4.72. The van der Waals surface area contributed by atoms with Gasteiger partial charge in [-0.3, -0.25) is 19.4 Å². The van der Waals surface area contributed by atoms with E-state index in [-0.39, 0.29) is 29.9 Å². The van der Waals surface area contributed by atoms with Gasteiger partial charge in [0.1, 0.15) is 11.9 Å². The highest BCUT2D eigenvalue weighted by Crippen LogP contribution is 2.34. The lowest BCUT2D eigenvalue weighted by atomic mass is 10.1. The second kappa shape index (κ2) is 12.7. The summed E-state index contributed by atoms with van der Waals surface area (Å²) in [5.74, 6) is 0.0690. The monoisotopic (exact) mass is 553 g/mol. The summed E-state index contributed by atoms with van der Waals surface area (Å²) in [6.07, 6.45) is 2.16. The number of rotatable bonds is 10. The molecular formula is C31H31N5O3S. The van der Waals surface area contributed by atoms with Gasteiger partial charge < -0.3 is 10.6 Å². The van der Waals surface area contributed by atoms with E-state index in [1.54, 1.807) is 0 Å². The summed E-state index contributed by atoms with van der Waals surface area (Å²) in [5, 5.41) is 6.24. The number of aliphatic imine (C=N–C) groups is 2. The van der Waals surface area contributed by atoms with Crippen LogP contribution in [-0.2, 0) is 27.2 Å². The summed E-state index contributed by atoms with van der Waals surface area (Å²) in [4.78, 5) is 49.5. The fraction of sp³-hybridized carbons (Fsp3) is 0.258. The van der Waals surface area contributed by atoms with Crippen molar-refractivity contribution in [2.75, 3.05) is 17.6 Å². The third kappa shape index (κ3) is 6.48. The molecule has 2 aliphatic rings. The van der Waals surface area contributed by atoms with Gasteiger partial charge in [0, 0.05) is 24.2 Å². The molecule has 0 bridgehead atoms. The molecule has 0 saturated carbocycles. The van der Waals surface area contributed by atoms with Crippen LogP contribution in [0.15, 0.2) is 88.8 Å². The molecule has 0 radical (unpaired) electrons. The average molecular weight is 554 g/mol. The summed E-state index contributed by atoms with van der Waals surface area (Å²) in [6.45, 7) is 2.62. The zero-order valence-corrected chi connectivity index (χ0v) is 23.1. The van der Waals surface area contributed by atoms with Gasteiger partial charge in [-0.1, -0.05) is 73.3 Å². The molecular weight excluding hydrogens is 522 g/mol. The molecule has 0 unspecified atom stereocenters. The van der Waals surface area contributed by atoms with E-state index < -0.39 is 6.04 Å². The van der Waals surface area contributed by atoms with E-state index in [1.165, 1.54) is 22.2 Å². The highest BCUT2D eigenvalue weighted by atomic mass is 32.2. The Hall–Kier alpha value is -4.24. The Morgan fingerprint density at radius 3 is 2.45 bits per heavy atom. The van der Waals surface area contributed by atoms with Gasteiger partial charge in [-0.05, 0) is 54.7 Å². The molecule has 1 atom stereocenters. The SMILES string of the molecule is CCc1ccc(NC(=O)CSC2=Nc3ccccc3C3=N[C@@H](CCC(=O)NCCc4ccccc4)C(=O)N23)cc1. The maximum atomic E-state index is 13.5. The van der Waals surface area contributed by atoms with Gasteiger partial charge in [-0.2, -0.15) is 0 Å². The van der Waals surface area contributed by atoms with Gasteiger partial charge in [-0.25, -0.2) is 9.89 Å². The first-order chi connectivity index (χ1) is 19.5. The lowest BCUT2D eigenvalue weighted by molar-refractivity contribution is -0.125. The van der Waals surface area contributed by atoms with E-state index in [4.69, 9.17) is 4.99 Å². The van der Waals surface area contributed by atoms with Crippen LogP contribution in [0.5, 0.6) is 0 Å². The van der Waals surface area contributed by atoms with Crippen LogP contribution in [0.1, 0.15) is 36.5 Å².